The lowest BCUT2D eigenvalue weighted by atomic mass is 10.0. The number of terminal acetylenes is 1. The minimum atomic E-state index is 0.828. The van der Waals surface area contributed by atoms with Gasteiger partial charge in [0, 0.05) is 44.4 Å². The van der Waals surface area contributed by atoms with E-state index in [4.69, 9.17) is 6.42 Å². The van der Waals surface area contributed by atoms with Crippen molar-refractivity contribution in [2.24, 2.45) is 0 Å². The van der Waals surface area contributed by atoms with Gasteiger partial charge in [0.15, 0.2) is 0 Å². The number of hydrogen-bond acceptors (Lipinski definition) is 1. The van der Waals surface area contributed by atoms with E-state index in [1.165, 1.54) is 185 Å². The molecule has 0 aromatic heterocycles. The molecular formula is C48H73Br2N. The van der Waals surface area contributed by atoms with Crippen molar-refractivity contribution in [1.82, 2.24) is 0 Å². The predicted octanol–water partition coefficient (Wildman–Crippen LogP) is 16.4. The van der Waals surface area contributed by atoms with Crippen molar-refractivity contribution in [2.45, 2.75) is 194 Å². The maximum absolute atomic E-state index is 5.61. The molecule has 2 aromatic rings. The number of benzene rings is 2. The highest BCUT2D eigenvalue weighted by Crippen LogP contribution is 2.25. The maximum Gasteiger partial charge on any atom is 0.0403 e. The first-order valence-electron chi connectivity index (χ1n) is 21.4. The van der Waals surface area contributed by atoms with Gasteiger partial charge in [-0.3, -0.25) is 0 Å². The minimum absolute atomic E-state index is 0.828. The average molecular weight is 824 g/mol. The summed E-state index contributed by atoms with van der Waals surface area (Å²) < 4.78 is 1.82. The van der Waals surface area contributed by atoms with E-state index in [2.05, 4.69) is 92.6 Å². The molecule has 0 atom stereocenters. The first kappa shape index (κ1) is 45.5. The topological polar surface area (TPSA) is 3.24 Å². The Morgan fingerprint density at radius 3 is 1.16 bits per heavy atom. The Morgan fingerprint density at radius 2 is 0.784 bits per heavy atom. The summed E-state index contributed by atoms with van der Waals surface area (Å²) in [6.45, 7) is 6.92. The first-order chi connectivity index (χ1) is 25.1. The Bertz CT molecular complexity index is 1200. The molecule has 3 heteroatoms. The largest absolute Gasteiger partial charge is 0.372 e. The van der Waals surface area contributed by atoms with Crippen LogP contribution in [0.2, 0.25) is 0 Å². The van der Waals surface area contributed by atoms with Crippen molar-refractivity contribution in [3.8, 4) is 24.2 Å². The molecule has 0 bridgehead atoms. The Kier molecular flexibility index (Phi) is 28.4. The molecule has 0 amide bonds. The quantitative estimate of drug-likeness (QED) is 0.0541. The lowest BCUT2D eigenvalue weighted by molar-refractivity contribution is 0.529. The van der Waals surface area contributed by atoms with Crippen molar-refractivity contribution in [2.75, 3.05) is 18.0 Å². The molecule has 0 saturated carbocycles. The van der Waals surface area contributed by atoms with Gasteiger partial charge >= 0.3 is 0 Å². The number of unbranched alkanes of at least 4 members (excludes halogenated alkanes) is 26. The summed E-state index contributed by atoms with van der Waals surface area (Å²) in [5.74, 6) is 9.39. The predicted molar refractivity (Wildman–Crippen MR) is 235 cm³/mol. The second-order valence-electron chi connectivity index (χ2n) is 14.9. The third kappa shape index (κ3) is 22.9. The lowest BCUT2D eigenvalue weighted by Crippen LogP contribution is -2.25. The number of hydrogen-bond donors (Lipinski definition) is 0. The highest BCUT2D eigenvalue weighted by molar-refractivity contribution is 9.11. The molecule has 284 valence electrons. The molecule has 0 fully saturated rings. The fraction of sp³-hybridized carbons (Fsp3) is 0.667. The van der Waals surface area contributed by atoms with E-state index < -0.39 is 0 Å². The molecule has 0 radical (unpaired) electrons. The standard InChI is InChI=1S/C48H73Br2N/c1-4-7-9-11-13-15-17-19-21-23-25-27-29-31-39-51(40-32-30-28-26-24-22-20-18-16-14-12-10-8-5-2)46-37-34-43(35-38-46)33-36-45-42-47(49)44(6-3)41-48(45)50/h3,34-35,37-38,41-42H,4-5,7-32,39-40H2,1-2H3. The molecular weight excluding hydrogens is 750 g/mol. The van der Waals surface area contributed by atoms with Crippen LogP contribution in [-0.2, 0) is 0 Å². The zero-order valence-corrected chi connectivity index (χ0v) is 36.1. The second-order valence-corrected chi connectivity index (χ2v) is 16.6. The maximum atomic E-state index is 5.61. The van der Waals surface area contributed by atoms with E-state index in [0.29, 0.717) is 0 Å². The average Bonchev–Trinajstić information content (AvgIpc) is 3.14. The number of nitrogens with zero attached hydrogens (tertiary/aromatic N) is 1. The summed E-state index contributed by atoms with van der Waals surface area (Å²) in [4.78, 5) is 2.64. The smallest absolute Gasteiger partial charge is 0.0403 e. The molecule has 0 spiro atoms. The Labute approximate surface area is 333 Å². The minimum Gasteiger partial charge on any atom is -0.372 e. The molecule has 0 N–H and O–H groups in total. The van der Waals surface area contributed by atoms with Gasteiger partial charge in [0.05, 0.1) is 0 Å². The van der Waals surface area contributed by atoms with Crippen LogP contribution in [0.5, 0.6) is 0 Å². The SMILES string of the molecule is C#Cc1cc(Br)c(C#Cc2ccc(N(CCCCCCCCCCCCCCCC)CCCCCCCCCCCCCCCC)cc2)cc1Br. The van der Waals surface area contributed by atoms with Crippen molar-refractivity contribution in [3.05, 3.63) is 62.0 Å². The van der Waals surface area contributed by atoms with E-state index >= 15 is 0 Å². The summed E-state index contributed by atoms with van der Waals surface area (Å²) in [5, 5.41) is 0. The van der Waals surface area contributed by atoms with Crippen LogP contribution in [0.15, 0.2) is 45.3 Å². The van der Waals surface area contributed by atoms with Gasteiger partial charge in [0.2, 0.25) is 0 Å². The van der Waals surface area contributed by atoms with E-state index in [-0.39, 0.29) is 0 Å². The van der Waals surface area contributed by atoms with Gasteiger partial charge in [0.1, 0.15) is 0 Å². The zero-order chi connectivity index (χ0) is 36.6. The summed E-state index contributed by atoms with van der Waals surface area (Å²) in [6.07, 6.45) is 45.0. The Hall–Kier alpha value is -1.68. The molecule has 51 heavy (non-hydrogen) atoms. The van der Waals surface area contributed by atoms with Crippen molar-refractivity contribution < 1.29 is 0 Å². The van der Waals surface area contributed by atoms with Crippen molar-refractivity contribution in [1.29, 1.82) is 0 Å². The first-order valence-corrected chi connectivity index (χ1v) is 23.0. The van der Waals surface area contributed by atoms with Gasteiger partial charge in [-0.15, -0.1) is 6.42 Å². The summed E-state index contributed by atoms with van der Waals surface area (Å²) in [6, 6.07) is 12.9. The zero-order valence-electron chi connectivity index (χ0n) is 33.0. The van der Waals surface area contributed by atoms with Crippen LogP contribution >= 0.6 is 31.9 Å². The van der Waals surface area contributed by atoms with Crippen molar-refractivity contribution in [3.63, 3.8) is 0 Å². The van der Waals surface area contributed by atoms with Gasteiger partial charge in [0.25, 0.3) is 0 Å². The highest BCUT2D eigenvalue weighted by atomic mass is 79.9. The van der Waals surface area contributed by atoms with E-state index in [1.54, 1.807) is 0 Å². The van der Waals surface area contributed by atoms with Gasteiger partial charge in [-0.2, -0.15) is 0 Å². The molecule has 0 aliphatic heterocycles. The number of anilines is 1. The summed E-state index contributed by atoms with van der Waals surface area (Å²) in [5.41, 5.74) is 4.14. The summed E-state index contributed by atoms with van der Waals surface area (Å²) >= 11 is 7.20. The van der Waals surface area contributed by atoms with Crippen LogP contribution in [-0.4, -0.2) is 13.1 Å². The highest BCUT2D eigenvalue weighted by Gasteiger charge is 2.08. The van der Waals surface area contributed by atoms with E-state index in [1.807, 2.05) is 12.1 Å². The monoisotopic (exact) mass is 821 g/mol. The van der Waals surface area contributed by atoms with Crippen molar-refractivity contribution >= 4 is 37.5 Å². The van der Waals surface area contributed by atoms with E-state index in [0.717, 1.165) is 38.7 Å². The molecule has 0 aliphatic rings. The number of halogens is 2. The fourth-order valence-corrected chi connectivity index (χ4v) is 7.91. The third-order valence-electron chi connectivity index (χ3n) is 10.3. The molecule has 0 saturated heterocycles. The van der Waals surface area contributed by atoms with Crippen LogP contribution in [0.25, 0.3) is 0 Å². The Balaban J connectivity index is 1.75. The normalized spacial score (nSPS) is 11.0. The van der Waals surface area contributed by atoms with Gasteiger partial charge in [-0.05, 0) is 81.1 Å². The van der Waals surface area contributed by atoms with E-state index in [9.17, 15) is 0 Å². The molecule has 1 nitrogen and oxygen atoms in total. The van der Waals surface area contributed by atoms with Gasteiger partial charge in [-0.25, -0.2) is 0 Å². The third-order valence-corrected chi connectivity index (χ3v) is 11.7. The van der Waals surface area contributed by atoms with Gasteiger partial charge < -0.3 is 4.90 Å². The molecule has 0 aliphatic carbocycles. The van der Waals surface area contributed by atoms with Gasteiger partial charge in [-0.1, -0.05) is 199 Å². The van der Waals surface area contributed by atoms with Crippen LogP contribution in [0.3, 0.4) is 0 Å². The van der Waals surface area contributed by atoms with Crippen LogP contribution in [0.4, 0.5) is 5.69 Å². The second kappa shape index (κ2) is 31.8. The molecule has 2 aromatic carbocycles. The molecule has 0 unspecified atom stereocenters. The summed E-state index contributed by atoms with van der Waals surface area (Å²) in [7, 11) is 0. The fourth-order valence-electron chi connectivity index (χ4n) is 7.01. The molecule has 0 heterocycles. The van der Waals surface area contributed by atoms with Crippen LogP contribution in [0, 0.1) is 24.2 Å². The lowest BCUT2D eigenvalue weighted by Gasteiger charge is -2.25. The number of rotatable bonds is 31. The van der Waals surface area contributed by atoms with Crippen LogP contribution < -0.4 is 4.90 Å². The molecule has 2 rings (SSSR count). The Morgan fingerprint density at radius 1 is 0.451 bits per heavy atom. The van der Waals surface area contributed by atoms with Crippen LogP contribution in [0.1, 0.15) is 210 Å².